The van der Waals surface area contributed by atoms with Crippen molar-refractivity contribution in [2.45, 2.75) is 97.7 Å². The molecule has 0 radical (unpaired) electrons. The van der Waals surface area contributed by atoms with Crippen LogP contribution in [0.5, 0.6) is 5.88 Å². The first-order valence-corrected chi connectivity index (χ1v) is 18.1. The van der Waals surface area contributed by atoms with Crippen molar-refractivity contribution in [1.82, 2.24) is 9.71 Å². The highest BCUT2D eigenvalue weighted by atomic mass is 35.5. The van der Waals surface area contributed by atoms with Crippen LogP contribution >= 0.6 is 11.6 Å². The van der Waals surface area contributed by atoms with Gasteiger partial charge in [0.25, 0.3) is 5.91 Å². The van der Waals surface area contributed by atoms with Crippen LogP contribution in [0.3, 0.4) is 0 Å². The molecule has 4 fully saturated rings. The predicted molar refractivity (Wildman–Crippen MR) is 163 cm³/mol. The number of rotatable bonds is 8. The van der Waals surface area contributed by atoms with Crippen LogP contribution in [-0.2, 0) is 10.0 Å². The maximum Gasteiger partial charge on any atom is 0.266 e. The van der Waals surface area contributed by atoms with Gasteiger partial charge in [0.15, 0.2) is 0 Å². The van der Waals surface area contributed by atoms with Crippen molar-refractivity contribution in [2.24, 2.45) is 52.3 Å². The molecule has 5 rings (SSSR count). The van der Waals surface area contributed by atoms with Crippen LogP contribution in [0.2, 0.25) is 5.02 Å². The molecule has 11 atom stereocenters. The lowest BCUT2D eigenvalue weighted by Crippen LogP contribution is -2.62. The summed E-state index contributed by atoms with van der Waals surface area (Å²) in [6.07, 6.45) is 10.9. The Morgan fingerprint density at radius 3 is 2.50 bits per heavy atom. The molecule has 4 aliphatic carbocycles. The Morgan fingerprint density at radius 2 is 1.83 bits per heavy atom. The average molecular weight is 625 g/mol. The third-order valence-electron chi connectivity index (χ3n) is 12.3. The second kappa shape index (κ2) is 11.8. The number of amides is 1. The van der Waals surface area contributed by atoms with Crippen molar-refractivity contribution in [3.05, 3.63) is 22.8 Å². The smallest absolute Gasteiger partial charge is 0.266 e. The molecule has 0 aliphatic heterocycles. The minimum atomic E-state index is -3.69. The van der Waals surface area contributed by atoms with Crippen molar-refractivity contribution in [3.63, 3.8) is 0 Å². The number of aliphatic hydroxyl groups excluding tert-OH is 2. The van der Waals surface area contributed by atoms with E-state index in [4.69, 9.17) is 16.3 Å². The third kappa shape index (κ3) is 5.72. The standard InChI is InChI=1S/C32H49ClN2O6S/c1-6-21-25-16-20(36)9-12-32(25,4)24-10-13-31(3)22(7-8-23(31)27(24)28(21)37)18(2)11-14-41-30-26(33)15-19(17-34-30)29(38)35-42(5,39)40/h15,17-18,20-25,27-28,36-37H,6-14,16H2,1-5H3,(H,35,38)/t18-,20-,21-,22-,23+,24+,25+,27+,28-,31-,32-/m1/s1. The summed E-state index contributed by atoms with van der Waals surface area (Å²) in [5.41, 5.74) is 0.434. The molecule has 42 heavy (non-hydrogen) atoms. The molecule has 1 aromatic heterocycles. The fourth-order valence-corrected chi connectivity index (χ4v) is 11.0. The van der Waals surface area contributed by atoms with Crippen molar-refractivity contribution in [3.8, 4) is 5.88 Å². The highest BCUT2D eigenvalue weighted by Gasteiger charge is 2.64. The van der Waals surface area contributed by atoms with Gasteiger partial charge in [-0.2, -0.15) is 0 Å². The van der Waals surface area contributed by atoms with E-state index in [0.29, 0.717) is 42.1 Å². The minimum Gasteiger partial charge on any atom is -0.477 e. The lowest BCUT2D eigenvalue weighted by atomic mass is 9.41. The van der Waals surface area contributed by atoms with Crippen LogP contribution in [0.25, 0.3) is 0 Å². The third-order valence-corrected chi connectivity index (χ3v) is 13.1. The van der Waals surface area contributed by atoms with E-state index < -0.39 is 15.9 Å². The quantitative estimate of drug-likeness (QED) is 0.351. The molecule has 0 bridgehead atoms. The molecule has 4 aliphatic rings. The van der Waals surface area contributed by atoms with Crippen LogP contribution < -0.4 is 9.46 Å². The molecule has 10 heteroatoms. The number of halogens is 1. The molecule has 0 spiro atoms. The number of aromatic nitrogens is 1. The Kier molecular flexibility index (Phi) is 9.01. The predicted octanol–water partition coefficient (Wildman–Crippen LogP) is 5.46. The van der Waals surface area contributed by atoms with Gasteiger partial charge >= 0.3 is 0 Å². The maximum absolute atomic E-state index is 12.1. The lowest BCUT2D eigenvalue weighted by molar-refractivity contribution is -0.203. The number of nitrogens with one attached hydrogen (secondary N) is 1. The van der Waals surface area contributed by atoms with E-state index in [0.717, 1.165) is 57.6 Å². The number of fused-ring (bicyclic) bond motifs is 5. The Morgan fingerprint density at radius 1 is 1.14 bits per heavy atom. The molecule has 0 unspecified atom stereocenters. The van der Waals surface area contributed by atoms with Crippen LogP contribution in [-0.4, -0.2) is 54.6 Å². The molecular weight excluding hydrogens is 576 g/mol. The van der Waals surface area contributed by atoms with Gasteiger partial charge in [-0.25, -0.2) is 18.1 Å². The Balaban J connectivity index is 1.24. The summed E-state index contributed by atoms with van der Waals surface area (Å²) >= 11 is 6.32. The number of hydrogen-bond donors (Lipinski definition) is 3. The van der Waals surface area contributed by atoms with Crippen molar-refractivity contribution < 1.29 is 28.2 Å². The summed E-state index contributed by atoms with van der Waals surface area (Å²) in [7, 11) is -3.69. The van der Waals surface area contributed by atoms with Gasteiger partial charge in [0, 0.05) is 6.20 Å². The second-order valence-corrected chi connectivity index (χ2v) is 16.6. The molecule has 3 N–H and O–H groups in total. The van der Waals surface area contributed by atoms with E-state index in [1.807, 2.05) is 4.72 Å². The summed E-state index contributed by atoms with van der Waals surface area (Å²) in [5.74, 6) is 2.45. The molecule has 0 saturated heterocycles. The number of ether oxygens (including phenoxy) is 1. The number of carbonyl (C=O) groups is 1. The second-order valence-electron chi connectivity index (χ2n) is 14.5. The fraction of sp³-hybridized carbons (Fsp3) is 0.812. The summed E-state index contributed by atoms with van der Waals surface area (Å²) < 4.78 is 30.6. The van der Waals surface area contributed by atoms with E-state index in [1.165, 1.54) is 18.7 Å². The number of hydrogen-bond acceptors (Lipinski definition) is 7. The number of nitrogens with zero attached hydrogens (tertiary/aromatic N) is 1. The number of carbonyl (C=O) groups excluding carboxylic acids is 1. The zero-order valence-electron chi connectivity index (χ0n) is 25.7. The summed E-state index contributed by atoms with van der Waals surface area (Å²) in [4.78, 5) is 16.3. The van der Waals surface area contributed by atoms with E-state index in [-0.39, 0.29) is 45.4 Å². The SMILES string of the molecule is CC[C@H]1[C@@H](O)[C@@H]2[C@H](CC[C@]3(C)[C@@H]([C@H](C)CCOc4ncc(C(=O)NS(C)(=O)=O)cc4Cl)CC[C@@H]23)[C@@]2(C)CC[C@@H](O)C[C@@H]12. The Labute approximate surface area is 256 Å². The molecular formula is C32H49ClN2O6S. The average Bonchev–Trinajstić information content (AvgIpc) is 3.27. The Hall–Kier alpha value is -1.42. The van der Waals surface area contributed by atoms with Gasteiger partial charge in [0.05, 0.1) is 30.6 Å². The zero-order valence-corrected chi connectivity index (χ0v) is 27.3. The lowest BCUT2D eigenvalue weighted by Gasteiger charge is -2.64. The monoisotopic (exact) mass is 624 g/mol. The molecule has 4 saturated carbocycles. The van der Waals surface area contributed by atoms with Crippen LogP contribution in [0, 0.1) is 52.3 Å². The van der Waals surface area contributed by atoms with Crippen molar-refractivity contribution in [2.75, 3.05) is 12.9 Å². The minimum absolute atomic E-state index is 0.0477. The number of sulfonamides is 1. The zero-order chi connectivity index (χ0) is 30.6. The first kappa shape index (κ1) is 32.0. The van der Waals surface area contributed by atoms with Crippen molar-refractivity contribution >= 4 is 27.5 Å². The number of pyridine rings is 1. The summed E-state index contributed by atoms with van der Waals surface area (Å²) in [6.45, 7) is 9.93. The fourth-order valence-electron chi connectivity index (χ4n) is 10.4. The molecule has 8 nitrogen and oxygen atoms in total. The Bertz CT molecular complexity index is 1280. The molecule has 1 aromatic rings. The van der Waals surface area contributed by atoms with E-state index >= 15 is 0 Å². The maximum atomic E-state index is 12.1. The van der Waals surface area contributed by atoms with Crippen molar-refractivity contribution in [1.29, 1.82) is 0 Å². The van der Waals surface area contributed by atoms with Gasteiger partial charge in [-0.1, -0.05) is 45.7 Å². The molecule has 1 heterocycles. The van der Waals surface area contributed by atoms with Crippen LogP contribution in [0.1, 0.15) is 95.8 Å². The number of aliphatic hydroxyl groups is 2. The van der Waals surface area contributed by atoms with Gasteiger partial charge in [0.2, 0.25) is 15.9 Å². The first-order valence-electron chi connectivity index (χ1n) is 15.9. The molecule has 1 amide bonds. The molecule has 0 aromatic carbocycles. The van der Waals surface area contributed by atoms with Gasteiger partial charge in [-0.3, -0.25) is 4.79 Å². The highest BCUT2D eigenvalue weighted by Crippen LogP contribution is 2.69. The van der Waals surface area contributed by atoms with Crippen LogP contribution in [0.15, 0.2) is 12.3 Å². The van der Waals surface area contributed by atoms with E-state index in [9.17, 15) is 23.4 Å². The largest absolute Gasteiger partial charge is 0.477 e. The van der Waals surface area contributed by atoms with Gasteiger partial charge < -0.3 is 14.9 Å². The van der Waals surface area contributed by atoms with E-state index in [2.05, 4.69) is 32.7 Å². The van der Waals surface area contributed by atoms with Crippen LogP contribution in [0.4, 0.5) is 0 Å². The highest BCUT2D eigenvalue weighted by molar-refractivity contribution is 7.89. The summed E-state index contributed by atoms with van der Waals surface area (Å²) in [5, 5.41) is 22.6. The van der Waals surface area contributed by atoms with Gasteiger partial charge in [0.1, 0.15) is 5.02 Å². The van der Waals surface area contributed by atoms with Gasteiger partial charge in [-0.15, -0.1) is 0 Å². The topological polar surface area (TPSA) is 126 Å². The normalized spacial score (nSPS) is 40.4. The van der Waals surface area contributed by atoms with E-state index in [1.54, 1.807) is 0 Å². The molecule has 236 valence electrons. The van der Waals surface area contributed by atoms with Gasteiger partial charge in [-0.05, 0) is 110 Å². The first-order chi connectivity index (χ1) is 19.7. The summed E-state index contributed by atoms with van der Waals surface area (Å²) in [6, 6.07) is 1.37.